The Morgan fingerprint density at radius 1 is 1.35 bits per heavy atom. The largest absolute Gasteiger partial charge is 0.481 e. The van der Waals surface area contributed by atoms with E-state index in [1.165, 1.54) is 12.1 Å². The topological polar surface area (TPSA) is 37.3 Å². The molecule has 0 heterocycles. The highest BCUT2D eigenvalue weighted by atomic mass is 19.4. The smallest absolute Gasteiger partial charge is 0.390 e. The molecule has 1 aromatic carbocycles. The molecule has 1 atom stereocenters. The van der Waals surface area contributed by atoms with Gasteiger partial charge in [-0.15, -0.1) is 0 Å². The van der Waals surface area contributed by atoms with E-state index >= 15 is 0 Å². The summed E-state index contributed by atoms with van der Waals surface area (Å²) in [6, 6.07) is 4.20. The molecule has 0 aliphatic carbocycles. The molecule has 0 spiro atoms. The molecule has 0 saturated heterocycles. The lowest BCUT2D eigenvalue weighted by atomic mass is 9.79. The van der Waals surface area contributed by atoms with E-state index in [2.05, 4.69) is 0 Å². The number of rotatable bonds is 3. The number of aliphatic carboxylic acids is 1. The number of carboxylic acid groups (broad SMARTS) is 1. The van der Waals surface area contributed by atoms with Gasteiger partial charge >= 0.3 is 12.1 Å². The summed E-state index contributed by atoms with van der Waals surface area (Å²) in [5.74, 6) is -2.41. The van der Waals surface area contributed by atoms with Gasteiger partial charge < -0.3 is 5.11 Å². The molecule has 1 unspecified atom stereocenters. The first-order valence-corrected chi connectivity index (χ1v) is 4.71. The van der Waals surface area contributed by atoms with Gasteiger partial charge in [0.2, 0.25) is 0 Å². The maximum absolute atomic E-state index is 12.9. The van der Waals surface area contributed by atoms with Crippen molar-refractivity contribution in [1.82, 2.24) is 0 Å². The first-order chi connectivity index (χ1) is 7.65. The molecule has 0 radical (unpaired) electrons. The molecule has 6 heteroatoms. The average Bonchev–Trinajstić information content (AvgIpc) is 2.14. The van der Waals surface area contributed by atoms with E-state index in [9.17, 15) is 22.4 Å². The standard InChI is InChI=1S/C11H10F4O2/c1-10(9(16)17,6-11(13,14)15)7-3-2-4-8(12)5-7/h2-5H,6H2,1H3,(H,16,17). The Morgan fingerprint density at radius 2 is 1.94 bits per heavy atom. The predicted octanol–water partition coefficient (Wildman–Crippen LogP) is 3.12. The number of hydrogen-bond acceptors (Lipinski definition) is 1. The van der Waals surface area contributed by atoms with Crippen molar-refractivity contribution < 1.29 is 27.5 Å². The Hall–Kier alpha value is -1.59. The van der Waals surface area contributed by atoms with Crippen LogP contribution in [-0.2, 0) is 10.2 Å². The second-order valence-corrected chi connectivity index (χ2v) is 3.94. The number of carboxylic acids is 1. The lowest BCUT2D eigenvalue weighted by Crippen LogP contribution is -2.37. The van der Waals surface area contributed by atoms with Crippen LogP contribution in [0.15, 0.2) is 24.3 Å². The highest BCUT2D eigenvalue weighted by molar-refractivity contribution is 5.80. The third-order valence-corrected chi connectivity index (χ3v) is 2.49. The zero-order chi connectivity index (χ0) is 13.3. The lowest BCUT2D eigenvalue weighted by molar-refractivity contribution is -0.166. The highest BCUT2D eigenvalue weighted by Crippen LogP contribution is 2.36. The molecule has 0 amide bonds. The molecule has 0 aliphatic rings. The van der Waals surface area contributed by atoms with Gasteiger partial charge in [0.15, 0.2) is 0 Å². The van der Waals surface area contributed by atoms with Crippen LogP contribution in [0, 0.1) is 5.82 Å². The summed E-state index contributed by atoms with van der Waals surface area (Å²) in [6.07, 6.45) is -6.18. The normalized spacial score (nSPS) is 15.4. The van der Waals surface area contributed by atoms with Gasteiger partial charge in [-0.25, -0.2) is 4.39 Å². The van der Waals surface area contributed by atoms with E-state index < -0.39 is 29.8 Å². The summed E-state index contributed by atoms with van der Waals surface area (Å²) in [4.78, 5) is 11.0. The maximum atomic E-state index is 12.9. The van der Waals surface area contributed by atoms with Crippen LogP contribution in [0.4, 0.5) is 17.6 Å². The van der Waals surface area contributed by atoms with Gasteiger partial charge in [0.05, 0.1) is 11.8 Å². The third kappa shape index (κ3) is 3.18. The first kappa shape index (κ1) is 13.5. The molecular weight excluding hydrogens is 240 g/mol. The van der Waals surface area contributed by atoms with E-state index in [1.54, 1.807) is 0 Å². The molecule has 0 fully saturated rings. The second kappa shape index (κ2) is 4.35. The summed E-state index contributed by atoms with van der Waals surface area (Å²) < 4.78 is 49.9. The minimum absolute atomic E-state index is 0.206. The fraction of sp³-hybridized carbons (Fsp3) is 0.364. The van der Waals surface area contributed by atoms with Gasteiger partial charge in [0, 0.05) is 0 Å². The summed E-state index contributed by atoms with van der Waals surface area (Å²) >= 11 is 0. The van der Waals surface area contributed by atoms with Crippen molar-refractivity contribution in [2.45, 2.75) is 24.9 Å². The fourth-order valence-corrected chi connectivity index (χ4v) is 1.53. The highest BCUT2D eigenvalue weighted by Gasteiger charge is 2.45. The average molecular weight is 250 g/mol. The minimum Gasteiger partial charge on any atom is -0.481 e. The fourth-order valence-electron chi connectivity index (χ4n) is 1.53. The number of alkyl halides is 3. The molecule has 0 aromatic heterocycles. The zero-order valence-electron chi connectivity index (χ0n) is 8.88. The van der Waals surface area contributed by atoms with Gasteiger partial charge in [0.1, 0.15) is 5.82 Å². The van der Waals surface area contributed by atoms with E-state index in [0.29, 0.717) is 0 Å². The maximum Gasteiger partial charge on any atom is 0.390 e. The SMILES string of the molecule is CC(CC(F)(F)F)(C(=O)O)c1cccc(F)c1. The lowest BCUT2D eigenvalue weighted by Gasteiger charge is -2.26. The summed E-state index contributed by atoms with van der Waals surface area (Å²) in [7, 11) is 0. The Bertz CT molecular complexity index is 428. The van der Waals surface area contributed by atoms with Crippen LogP contribution in [0.3, 0.4) is 0 Å². The van der Waals surface area contributed by atoms with E-state index in [1.807, 2.05) is 0 Å². The van der Waals surface area contributed by atoms with Crippen LogP contribution in [0.2, 0.25) is 0 Å². The van der Waals surface area contributed by atoms with Crippen molar-refractivity contribution in [2.75, 3.05) is 0 Å². The monoisotopic (exact) mass is 250 g/mol. The van der Waals surface area contributed by atoms with Gasteiger partial charge in [-0.1, -0.05) is 12.1 Å². The van der Waals surface area contributed by atoms with Crippen LogP contribution in [-0.4, -0.2) is 17.3 Å². The summed E-state index contributed by atoms with van der Waals surface area (Å²) in [6.45, 7) is 0.928. The van der Waals surface area contributed by atoms with Crippen LogP contribution < -0.4 is 0 Å². The van der Waals surface area contributed by atoms with Crippen LogP contribution in [0.1, 0.15) is 18.9 Å². The zero-order valence-corrected chi connectivity index (χ0v) is 8.88. The summed E-state index contributed by atoms with van der Waals surface area (Å²) in [5, 5.41) is 8.92. The summed E-state index contributed by atoms with van der Waals surface area (Å²) in [5.41, 5.74) is -2.39. The second-order valence-electron chi connectivity index (χ2n) is 3.94. The van der Waals surface area contributed by atoms with Crippen molar-refractivity contribution in [3.05, 3.63) is 35.6 Å². The number of benzene rings is 1. The Morgan fingerprint density at radius 3 is 2.35 bits per heavy atom. The van der Waals surface area contributed by atoms with Gasteiger partial charge in [-0.2, -0.15) is 13.2 Å². The quantitative estimate of drug-likeness (QED) is 0.837. The predicted molar refractivity (Wildman–Crippen MR) is 52.1 cm³/mol. The van der Waals surface area contributed by atoms with Gasteiger partial charge in [0.25, 0.3) is 0 Å². The van der Waals surface area contributed by atoms with E-state index in [4.69, 9.17) is 5.11 Å². The van der Waals surface area contributed by atoms with E-state index in [0.717, 1.165) is 19.1 Å². The van der Waals surface area contributed by atoms with Crippen molar-refractivity contribution >= 4 is 5.97 Å². The molecule has 2 nitrogen and oxygen atoms in total. The van der Waals surface area contributed by atoms with Crippen molar-refractivity contribution in [3.8, 4) is 0 Å². The molecule has 1 N–H and O–H groups in total. The van der Waals surface area contributed by atoms with Gasteiger partial charge in [-0.3, -0.25) is 4.79 Å². The van der Waals surface area contributed by atoms with Crippen LogP contribution in [0.5, 0.6) is 0 Å². The third-order valence-electron chi connectivity index (χ3n) is 2.49. The van der Waals surface area contributed by atoms with Crippen molar-refractivity contribution in [1.29, 1.82) is 0 Å². The molecule has 17 heavy (non-hydrogen) atoms. The number of carbonyl (C=O) groups is 1. The molecule has 0 saturated carbocycles. The number of halogens is 4. The van der Waals surface area contributed by atoms with E-state index in [-0.39, 0.29) is 5.56 Å². The molecule has 1 rings (SSSR count). The molecule has 94 valence electrons. The van der Waals surface area contributed by atoms with Crippen LogP contribution >= 0.6 is 0 Å². The first-order valence-electron chi connectivity index (χ1n) is 4.71. The Balaban J connectivity index is 3.21. The molecule has 0 bridgehead atoms. The molecule has 0 aliphatic heterocycles. The van der Waals surface area contributed by atoms with Crippen LogP contribution in [0.25, 0.3) is 0 Å². The van der Waals surface area contributed by atoms with Gasteiger partial charge in [-0.05, 0) is 24.6 Å². The number of hydrogen-bond donors (Lipinski definition) is 1. The molecule has 1 aromatic rings. The minimum atomic E-state index is -4.64. The molecular formula is C11H10F4O2. The van der Waals surface area contributed by atoms with Crippen molar-refractivity contribution in [2.24, 2.45) is 0 Å². The van der Waals surface area contributed by atoms with Crippen molar-refractivity contribution in [3.63, 3.8) is 0 Å². The Kier molecular flexibility index (Phi) is 3.45. The Labute approximate surface area is 94.9 Å².